The van der Waals surface area contributed by atoms with Crippen molar-refractivity contribution >= 4 is 11.3 Å². The number of piperidine rings is 1. The molecule has 1 atom stereocenters. The van der Waals surface area contributed by atoms with Crippen LogP contribution in [0.5, 0.6) is 0 Å². The fourth-order valence-electron chi connectivity index (χ4n) is 2.46. The zero-order valence-corrected chi connectivity index (χ0v) is 10.7. The van der Waals surface area contributed by atoms with E-state index in [4.69, 9.17) is 5.73 Å². The minimum atomic E-state index is 0.485. The molecule has 0 radical (unpaired) electrons. The molecule has 90 valence electrons. The first-order chi connectivity index (χ1) is 7.81. The van der Waals surface area contributed by atoms with Gasteiger partial charge in [-0.3, -0.25) is 4.90 Å². The molecule has 4 heteroatoms. The van der Waals surface area contributed by atoms with Crippen LogP contribution in [0.1, 0.15) is 37.2 Å². The monoisotopic (exact) mass is 239 g/mol. The van der Waals surface area contributed by atoms with Gasteiger partial charge in [-0.1, -0.05) is 0 Å². The summed E-state index contributed by atoms with van der Waals surface area (Å²) in [6.07, 6.45) is 5.69. The first kappa shape index (κ1) is 12.0. The molecule has 0 bridgehead atoms. The molecule has 2 rings (SSSR count). The molecule has 1 unspecified atom stereocenters. The quantitative estimate of drug-likeness (QED) is 0.876. The summed E-state index contributed by atoms with van der Waals surface area (Å²) in [6, 6.07) is 0.485. The lowest BCUT2D eigenvalue weighted by atomic mass is 9.93. The molecule has 0 saturated carbocycles. The Morgan fingerprint density at radius 1 is 1.56 bits per heavy atom. The highest BCUT2D eigenvalue weighted by Crippen LogP contribution is 2.28. The zero-order chi connectivity index (χ0) is 11.4. The van der Waals surface area contributed by atoms with Gasteiger partial charge in [-0.05, 0) is 51.7 Å². The highest BCUT2D eigenvalue weighted by atomic mass is 32.1. The summed E-state index contributed by atoms with van der Waals surface area (Å²) in [4.78, 5) is 6.95. The van der Waals surface area contributed by atoms with Crippen LogP contribution in [0.2, 0.25) is 0 Å². The van der Waals surface area contributed by atoms with Crippen LogP contribution >= 0.6 is 11.3 Å². The van der Waals surface area contributed by atoms with Crippen LogP contribution in [0, 0.1) is 5.92 Å². The van der Waals surface area contributed by atoms with Crippen molar-refractivity contribution < 1.29 is 0 Å². The van der Waals surface area contributed by atoms with Crippen molar-refractivity contribution in [2.24, 2.45) is 11.7 Å². The molecular weight excluding hydrogens is 218 g/mol. The number of likely N-dealkylation sites (tertiary alicyclic amines) is 1. The average molecular weight is 239 g/mol. The third kappa shape index (κ3) is 2.81. The van der Waals surface area contributed by atoms with E-state index in [1.807, 2.05) is 6.20 Å². The second-order valence-corrected chi connectivity index (χ2v) is 5.53. The number of nitrogens with two attached hydrogens (primary N) is 1. The standard InChI is InChI=1S/C12H21N3S/c1-10(12-14-6-9-16-12)15-7-3-11(2-5-13)4-8-15/h6,9-11H,2-5,7-8,13H2,1H3. The Labute approximate surface area is 102 Å². The number of aromatic nitrogens is 1. The van der Waals surface area contributed by atoms with E-state index in [1.54, 1.807) is 11.3 Å². The molecule has 3 nitrogen and oxygen atoms in total. The normalized spacial score (nSPS) is 21.1. The maximum Gasteiger partial charge on any atom is 0.109 e. The smallest absolute Gasteiger partial charge is 0.109 e. The predicted molar refractivity (Wildman–Crippen MR) is 68.5 cm³/mol. The third-order valence-electron chi connectivity index (χ3n) is 3.58. The van der Waals surface area contributed by atoms with Gasteiger partial charge < -0.3 is 5.73 Å². The van der Waals surface area contributed by atoms with Crippen LogP contribution in [0.3, 0.4) is 0 Å². The van der Waals surface area contributed by atoms with Crippen molar-refractivity contribution in [2.75, 3.05) is 19.6 Å². The second kappa shape index (κ2) is 5.75. The van der Waals surface area contributed by atoms with E-state index in [1.165, 1.54) is 37.4 Å². The predicted octanol–water partition coefficient (Wildman–Crippen LogP) is 2.26. The molecular formula is C12H21N3S. The van der Waals surface area contributed by atoms with E-state index in [2.05, 4.69) is 22.2 Å². The summed E-state index contributed by atoms with van der Waals surface area (Å²) in [5.41, 5.74) is 5.61. The Balaban J connectivity index is 1.84. The number of hydrogen-bond donors (Lipinski definition) is 1. The van der Waals surface area contributed by atoms with Crippen LogP contribution in [0.15, 0.2) is 11.6 Å². The van der Waals surface area contributed by atoms with E-state index in [-0.39, 0.29) is 0 Å². The van der Waals surface area contributed by atoms with E-state index >= 15 is 0 Å². The second-order valence-electron chi connectivity index (χ2n) is 4.60. The fourth-order valence-corrected chi connectivity index (χ4v) is 3.19. The topological polar surface area (TPSA) is 42.2 Å². The van der Waals surface area contributed by atoms with Gasteiger partial charge in [-0.15, -0.1) is 11.3 Å². The zero-order valence-electron chi connectivity index (χ0n) is 9.93. The molecule has 16 heavy (non-hydrogen) atoms. The van der Waals surface area contributed by atoms with Crippen LogP contribution in [0.4, 0.5) is 0 Å². The Bertz CT molecular complexity index is 291. The summed E-state index contributed by atoms with van der Waals surface area (Å²) in [5.74, 6) is 0.852. The van der Waals surface area contributed by atoms with Gasteiger partial charge in [0.05, 0.1) is 6.04 Å². The largest absolute Gasteiger partial charge is 0.330 e. The van der Waals surface area contributed by atoms with Crippen molar-refractivity contribution in [3.05, 3.63) is 16.6 Å². The molecule has 1 aliphatic rings. The molecule has 0 aromatic carbocycles. The molecule has 0 spiro atoms. The fraction of sp³-hybridized carbons (Fsp3) is 0.750. The summed E-state index contributed by atoms with van der Waals surface area (Å²) in [5, 5.41) is 3.31. The number of nitrogens with zero attached hydrogens (tertiary/aromatic N) is 2. The molecule has 1 aromatic rings. The van der Waals surface area contributed by atoms with Crippen molar-refractivity contribution in [1.29, 1.82) is 0 Å². The van der Waals surface area contributed by atoms with Gasteiger partial charge >= 0.3 is 0 Å². The molecule has 1 fully saturated rings. The molecule has 1 saturated heterocycles. The Morgan fingerprint density at radius 3 is 2.88 bits per heavy atom. The minimum absolute atomic E-state index is 0.485. The molecule has 0 aliphatic carbocycles. The molecule has 1 aromatic heterocycles. The lowest BCUT2D eigenvalue weighted by Gasteiger charge is -2.35. The number of thiazole rings is 1. The summed E-state index contributed by atoms with van der Waals surface area (Å²) >= 11 is 1.76. The SMILES string of the molecule is CC(c1nccs1)N1CCC(CCN)CC1. The highest BCUT2D eigenvalue weighted by molar-refractivity contribution is 7.09. The van der Waals surface area contributed by atoms with Crippen LogP contribution in [-0.2, 0) is 0 Å². The summed E-state index contributed by atoms with van der Waals surface area (Å²) < 4.78 is 0. The number of rotatable bonds is 4. The van der Waals surface area contributed by atoms with E-state index in [0.29, 0.717) is 6.04 Å². The molecule has 2 N–H and O–H groups in total. The lowest BCUT2D eigenvalue weighted by molar-refractivity contribution is 0.138. The first-order valence-electron chi connectivity index (χ1n) is 6.14. The van der Waals surface area contributed by atoms with Gasteiger partial charge in [-0.2, -0.15) is 0 Å². The van der Waals surface area contributed by atoms with E-state index in [0.717, 1.165) is 12.5 Å². The van der Waals surface area contributed by atoms with Gasteiger partial charge in [0, 0.05) is 11.6 Å². The van der Waals surface area contributed by atoms with Gasteiger partial charge in [0.2, 0.25) is 0 Å². The van der Waals surface area contributed by atoms with Crippen LogP contribution < -0.4 is 5.73 Å². The van der Waals surface area contributed by atoms with E-state index in [9.17, 15) is 0 Å². The average Bonchev–Trinajstić information content (AvgIpc) is 2.83. The lowest BCUT2D eigenvalue weighted by Crippen LogP contribution is -2.36. The van der Waals surface area contributed by atoms with Crippen molar-refractivity contribution in [3.8, 4) is 0 Å². The van der Waals surface area contributed by atoms with E-state index < -0.39 is 0 Å². The Morgan fingerprint density at radius 2 is 2.31 bits per heavy atom. The number of hydrogen-bond acceptors (Lipinski definition) is 4. The van der Waals surface area contributed by atoms with Gasteiger partial charge in [0.1, 0.15) is 5.01 Å². The summed E-state index contributed by atoms with van der Waals surface area (Å²) in [6.45, 7) is 5.51. The van der Waals surface area contributed by atoms with Crippen molar-refractivity contribution in [1.82, 2.24) is 9.88 Å². The Kier molecular flexibility index (Phi) is 4.32. The summed E-state index contributed by atoms with van der Waals surface area (Å²) in [7, 11) is 0. The van der Waals surface area contributed by atoms with Gasteiger partial charge in [-0.25, -0.2) is 4.98 Å². The minimum Gasteiger partial charge on any atom is -0.330 e. The van der Waals surface area contributed by atoms with Crippen LogP contribution in [-0.4, -0.2) is 29.5 Å². The van der Waals surface area contributed by atoms with Crippen LogP contribution in [0.25, 0.3) is 0 Å². The van der Waals surface area contributed by atoms with Crippen molar-refractivity contribution in [3.63, 3.8) is 0 Å². The highest BCUT2D eigenvalue weighted by Gasteiger charge is 2.23. The first-order valence-corrected chi connectivity index (χ1v) is 7.02. The molecule has 1 aliphatic heterocycles. The van der Waals surface area contributed by atoms with Gasteiger partial charge in [0.15, 0.2) is 0 Å². The maximum atomic E-state index is 5.61. The Hall–Kier alpha value is -0.450. The molecule has 2 heterocycles. The third-order valence-corrected chi connectivity index (χ3v) is 4.53. The molecule has 0 amide bonds. The van der Waals surface area contributed by atoms with Gasteiger partial charge in [0.25, 0.3) is 0 Å². The van der Waals surface area contributed by atoms with Crippen molar-refractivity contribution in [2.45, 2.75) is 32.2 Å². The maximum absolute atomic E-state index is 5.61.